The van der Waals surface area contributed by atoms with E-state index in [1.54, 1.807) is 6.08 Å². The second-order valence-corrected chi connectivity index (χ2v) is 6.50. The van der Waals surface area contributed by atoms with E-state index in [4.69, 9.17) is 0 Å². The number of nitrogens with zero attached hydrogens (tertiary/aromatic N) is 1. The van der Waals surface area contributed by atoms with E-state index in [1.807, 2.05) is 0 Å². The number of carbonyl (C=O) groups is 2. The first-order valence-electron chi connectivity index (χ1n) is 7.23. The van der Waals surface area contributed by atoms with Crippen LogP contribution in [0, 0.1) is 23.7 Å². The van der Waals surface area contributed by atoms with Crippen LogP contribution in [0.25, 0.3) is 0 Å². The van der Waals surface area contributed by atoms with Gasteiger partial charge < -0.3 is 0 Å². The molecule has 0 spiro atoms. The zero-order chi connectivity index (χ0) is 13.7. The summed E-state index contributed by atoms with van der Waals surface area (Å²) in [6.07, 6.45) is 4.82. The molecule has 0 radical (unpaired) electrons. The maximum atomic E-state index is 12.4. The van der Waals surface area contributed by atoms with Gasteiger partial charge in [0, 0.05) is 12.1 Å². The van der Waals surface area contributed by atoms with Crippen molar-refractivity contribution in [2.24, 2.45) is 23.7 Å². The fraction of sp³-hybridized carbons (Fsp3) is 0.625. The van der Waals surface area contributed by atoms with Crippen LogP contribution in [0.4, 0.5) is 0 Å². The number of amides is 2. The molecule has 0 aromatic rings. The Morgan fingerprint density at radius 3 is 2.74 bits per heavy atom. The molecule has 3 aliphatic rings. The third-order valence-electron chi connectivity index (χ3n) is 4.81. The van der Waals surface area contributed by atoms with E-state index in [2.05, 4.69) is 20.4 Å². The van der Waals surface area contributed by atoms with E-state index < -0.39 is 0 Å². The first-order valence-corrected chi connectivity index (χ1v) is 7.23. The van der Waals surface area contributed by atoms with Crippen molar-refractivity contribution >= 4 is 11.8 Å². The quantitative estimate of drug-likeness (QED) is 0.574. The second-order valence-electron chi connectivity index (χ2n) is 6.50. The van der Waals surface area contributed by atoms with Crippen molar-refractivity contribution in [3.8, 4) is 0 Å². The van der Waals surface area contributed by atoms with Gasteiger partial charge in [-0.15, -0.1) is 6.58 Å². The molecule has 3 unspecified atom stereocenters. The maximum Gasteiger partial charge on any atom is 0.257 e. The lowest BCUT2D eigenvalue weighted by atomic mass is 9.77. The molecule has 1 aliphatic heterocycles. The van der Waals surface area contributed by atoms with Crippen LogP contribution in [0.5, 0.6) is 0 Å². The van der Waals surface area contributed by atoms with E-state index >= 15 is 0 Å². The van der Waals surface area contributed by atoms with Crippen LogP contribution in [0.3, 0.4) is 0 Å². The van der Waals surface area contributed by atoms with Crippen molar-refractivity contribution < 1.29 is 9.59 Å². The van der Waals surface area contributed by atoms with Crippen molar-refractivity contribution in [1.82, 2.24) is 4.90 Å². The Labute approximate surface area is 114 Å². The van der Waals surface area contributed by atoms with Gasteiger partial charge in [0.2, 0.25) is 5.91 Å². The average molecular weight is 259 g/mol. The Kier molecular flexibility index (Phi) is 2.88. The summed E-state index contributed by atoms with van der Waals surface area (Å²) in [5.41, 5.74) is 2.11. The van der Waals surface area contributed by atoms with Crippen LogP contribution >= 0.6 is 0 Å². The normalized spacial score (nSPS) is 32.8. The van der Waals surface area contributed by atoms with Gasteiger partial charge in [-0.2, -0.15) is 0 Å². The van der Waals surface area contributed by atoms with Gasteiger partial charge in [-0.05, 0) is 37.0 Å². The van der Waals surface area contributed by atoms with Crippen LogP contribution < -0.4 is 0 Å². The zero-order valence-corrected chi connectivity index (χ0v) is 11.7. The predicted octanol–water partition coefficient (Wildman–Crippen LogP) is 2.54. The average Bonchev–Trinajstić information content (AvgIpc) is 2.96. The molecule has 0 N–H and O–H groups in total. The van der Waals surface area contributed by atoms with Gasteiger partial charge in [0.1, 0.15) is 0 Å². The van der Waals surface area contributed by atoms with Crippen LogP contribution in [0.15, 0.2) is 23.8 Å². The molecule has 1 saturated heterocycles. The number of fused-ring (bicyclic) bond motifs is 4. The highest BCUT2D eigenvalue weighted by molar-refractivity contribution is 6.16. The molecule has 0 aromatic carbocycles. The maximum absolute atomic E-state index is 12.4. The number of carbonyl (C=O) groups excluding carboxylic acids is 2. The molecule has 2 amide bonds. The van der Waals surface area contributed by atoms with Crippen LogP contribution in [-0.2, 0) is 9.59 Å². The van der Waals surface area contributed by atoms with E-state index in [-0.39, 0.29) is 17.7 Å². The first kappa shape index (κ1) is 12.6. The highest BCUT2D eigenvalue weighted by atomic mass is 16.2. The van der Waals surface area contributed by atoms with Gasteiger partial charge in [-0.3, -0.25) is 14.5 Å². The van der Waals surface area contributed by atoms with Gasteiger partial charge in [0.05, 0.1) is 5.92 Å². The second kappa shape index (κ2) is 4.32. The molecule has 2 fully saturated rings. The predicted molar refractivity (Wildman–Crippen MR) is 73.1 cm³/mol. The third kappa shape index (κ3) is 1.71. The van der Waals surface area contributed by atoms with Crippen molar-refractivity contribution in [1.29, 1.82) is 0 Å². The summed E-state index contributed by atoms with van der Waals surface area (Å²) in [7, 11) is 0. The Bertz CT molecular complexity index is 489. The van der Waals surface area contributed by atoms with Crippen LogP contribution in [0.1, 0.15) is 33.1 Å². The number of allylic oxidation sites excluding steroid dienone is 1. The fourth-order valence-electron chi connectivity index (χ4n) is 4.22. The van der Waals surface area contributed by atoms with Crippen molar-refractivity contribution in [3.05, 3.63) is 23.8 Å². The molecule has 3 heteroatoms. The lowest BCUT2D eigenvalue weighted by Gasteiger charge is -2.26. The Balaban J connectivity index is 1.89. The molecule has 102 valence electrons. The summed E-state index contributed by atoms with van der Waals surface area (Å²) < 4.78 is 0. The molecule has 3 nitrogen and oxygen atoms in total. The minimum atomic E-state index is -0.125. The van der Waals surface area contributed by atoms with Crippen LogP contribution in [0.2, 0.25) is 0 Å². The molecule has 1 heterocycles. The molecule has 2 aliphatic carbocycles. The van der Waals surface area contributed by atoms with E-state index in [9.17, 15) is 9.59 Å². The summed E-state index contributed by atoms with van der Waals surface area (Å²) in [4.78, 5) is 26.1. The topological polar surface area (TPSA) is 37.4 Å². The highest BCUT2D eigenvalue weighted by Crippen LogP contribution is 2.56. The number of imide groups is 1. The Morgan fingerprint density at radius 2 is 2.11 bits per heavy atom. The Hall–Kier alpha value is -1.38. The summed E-state index contributed by atoms with van der Waals surface area (Å²) in [6, 6.07) is 0. The lowest BCUT2D eigenvalue weighted by Crippen LogP contribution is -2.33. The molecule has 0 aromatic heterocycles. The highest BCUT2D eigenvalue weighted by Gasteiger charge is 2.56. The van der Waals surface area contributed by atoms with Gasteiger partial charge >= 0.3 is 0 Å². The van der Waals surface area contributed by atoms with Crippen LogP contribution in [-0.4, -0.2) is 23.3 Å². The SMILES string of the molecule is C=CCN1C(=O)C2=C3CC(CC(C)C)C(C3)C2C1=O. The molecule has 3 atom stereocenters. The molecule has 1 saturated carbocycles. The van der Waals surface area contributed by atoms with Crippen molar-refractivity contribution in [2.75, 3.05) is 6.54 Å². The van der Waals surface area contributed by atoms with Gasteiger partial charge in [0.25, 0.3) is 5.91 Å². The molecular formula is C16H21NO2. The van der Waals surface area contributed by atoms with Crippen molar-refractivity contribution in [3.63, 3.8) is 0 Å². The number of hydrogen-bond acceptors (Lipinski definition) is 2. The first-order chi connectivity index (χ1) is 9.04. The largest absolute Gasteiger partial charge is 0.274 e. The number of rotatable bonds is 4. The lowest BCUT2D eigenvalue weighted by molar-refractivity contribution is -0.139. The minimum Gasteiger partial charge on any atom is -0.274 e. The molecule has 3 rings (SSSR count). The van der Waals surface area contributed by atoms with Crippen molar-refractivity contribution in [2.45, 2.75) is 33.1 Å². The zero-order valence-electron chi connectivity index (χ0n) is 11.7. The minimum absolute atomic E-state index is 0.0216. The summed E-state index contributed by atoms with van der Waals surface area (Å²) in [5.74, 6) is 1.50. The number of likely N-dealkylation sites (tertiary alicyclic amines) is 1. The monoisotopic (exact) mass is 259 g/mol. The van der Waals surface area contributed by atoms with E-state index in [0.29, 0.717) is 24.3 Å². The summed E-state index contributed by atoms with van der Waals surface area (Å²) in [6.45, 7) is 8.44. The standard InChI is InChI=1S/C16H21NO2/c1-4-5-17-15(18)13-11-7-10(6-9(2)3)12(8-11)14(13)16(17)19/h4,9-10,12,14H,1,5-8H2,2-3H3. The Morgan fingerprint density at radius 1 is 1.37 bits per heavy atom. The molecular weight excluding hydrogens is 238 g/mol. The smallest absolute Gasteiger partial charge is 0.257 e. The van der Waals surface area contributed by atoms with Gasteiger partial charge in [-0.25, -0.2) is 0 Å². The van der Waals surface area contributed by atoms with E-state index in [1.165, 1.54) is 16.9 Å². The number of hydrogen-bond donors (Lipinski definition) is 0. The van der Waals surface area contributed by atoms with Gasteiger partial charge in [0.15, 0.2) is 0 Å². The van der Waals surface area contributed by atoms with E-state index in [0.717, 1.165) is 18.4 Å². The summed E-state index contributed by atoms with van der Waals surface area (Å²) in [5, 5.41) is 0. The summed E-state index contributed by atoms with van der Waals surface area (Å²) >= 11 is 0. The third-order valence-corrected chi connectivity index (χ3v) is 4.81. The molecule has 2 bridgehead atoms. The molecule has 19 heavy (non-hydrogen) atoms. The van der Waals surface area contributed by atoms with Gasteiger partial charge in [-0.1, -0.05) is 25.5 Å². The fourth-order valence-corrected chi connectivity index (χ4v) is 4.22.